The van der Waals surface area contributed by atoms with Gasteiger partial charge in [-0.1, -0.05) is 13.8 Å². The zero-order chi connectivity index (χ0) is 19.4. The van der Waals surface area contributed by atoms with E-state index in [1.54, 1.807) is 11.3 Å². The fourth-order valence-corrected chi connectivity index (χ4v) is 4.27. The fourth-order valence-electron chi connectivity index (χ4n) is 3.44. The minimum absolute atomic E-state index is 0.0729. The Morgan fingerprint density at radius 3 is 2.52 bits per heavy atom. The fraction of sp³-hybridized carbons (Fsp3) is 0.476. The summed E-state index contributed by atoms with van der Waals surface area (Å²) in [4.78, 5) is 32.3. The van der Waals surface area contributed by atoms with Gasteiger partial charge < -0.3 is 9.80 Å². The van der Waals surface area contributed by atoms with Crippen molar-refractivity contribution in [2.75, 3.05) is 25.0 Å². The number of hydrogen-bond acceptors (Lipinski definition) is 5. The Balaban J connectivity index is 1.53. The molecule has 1 saturated heterocycles. The molecule has 2 heterocycles. The topological polar surface area (TPSA) is 53.5 Å². The van der Waals surface area contributed by atoms with Gasteiger partial charge in [0.15, 0.2) is 0 Å². The quantitative estimate of drug-likeness (QED) is 0.707. The van der Waals surface area contributed by atoms with Crippen LogP contribution in [0, 0.1) is 5.92 Å². The molecular formula is C21H27N3O2S. The SMILES string of the molecule is CC(C)c1nc(CN(C)C(=O)C2CCN(c3ccc(C=O)cc3)CC2)cs1. The van der Waals surface area contributed by atoms with Crippen LogP contribution in [-0.4, -0.2) is 42.2 Å². The molecule has 1 aliphatic rings. The van der Waals surface area contributed by atoms with Gasteiger partial charge in [-0.2, -0.15) is 0 Å². The lowest BCUT2D eigenvalue weighted by molar-refractivity contribution is -0.135. The van der Waals surface area contributed by atoms with Gasteiger partial charge in [0.25, 0.3) is 0 Å². The second-order valence-electron chi connectivity index (χ2n) is 7.50. The van der Waals surface area contributed by atoms with E-state index in [9.17, 15) is 9.59 Å². The number of hydrogen-bond donors (Lipinski definition) is 0. The predicted octanol–water partition coefficient (Wildman–Crippen LogP) is 3.95. The van der Waals surface area contributed by atoms with E-state index in [0.717, 1.165) is 48.6 Å². The second kappa shape index (κ2) is 8.65. The molecule has 0 spiro atoms. The van der Waals surface area contributed by atoms with Crippen molar-refractivity contribution in [2.45, 2.75) is 39.2 Å². The second-order valence-corrected chi connectivity index (χ2v) is 8.39. The van der Waals surface area contributed by atoms with Crippen LogP contribution in [0.1, 0.15) is 53.7 Å². The first kappa shape index (κ1) is 19.5. The van der Waals surface area contributed by atoms with Crippen molar-refractivity contribution >= 4 is 29.2 Å². The number of nitrogens with zero attached hydrogens (tertiary/aromatic N) is 3. The van der Waals surface area contributed by atoms with Crippen molar-refractivity contribution in [3.63, 3.8) is 0 Å². The summed E-state index contributed by atoms with van der Waals surface area (Å²) in [5.41, 5.74) is 2.78. The molecule has 5 nitrogen and oxygen atoms in total. The maximum atomic E-state index is 12.8. The van der Waals surface area contributed by atoms with E-state index in [-0.39, 0.29) is 11.8 Å². The highest BCUT2D eigenvalue weighted by atomic mass is 32.1. The maximum absolute atomic E-state index is 12.8. The smallest absolute Gasteiger partial charge is 0.225 e. The summed E-state index contributed by atoms with van der Waals surface area (Å²) in [7, 11) is 1.88. The van der Waals surface area contributed by atoms with Gasteiger partial charge in [-0.05, 0) is 37.1 Å². The average molecular weight is 386 g/mol. The predicted molar refractivity (Wildman–Crippen MR) is 109 cm³/mol. The third-order valence-electron chi connectivity index (χ3n) is 5.08. The molecule has 2 aromatic rings. The molecule has 144 valence electrons. The molecule has 1 amide bonds. The highest BCUT2D eigenvalue weighted by Gasteiger charge is 2.27. The van der Waals surface area contributed by atoms with Crippen LogP contribution in [0.25, 0.3) is 0 Å². The molecule has 0 unspecified atom stereocenters. The van der Waals surface area contributed by atoms with E-state index in [1.807, 2.05) is 36.2 Å². The van der Waals surface area contributed by atoms with E-state index >= 15 is 0 Å². The van der Waals surface area contributed by atoms with Crippen LogP contribution in [0.3, 0.4) is 0 Å². The Morgan fingerprint density at radius 2 is 1.96 bits per heavy atom. The lowest BCUT2D eigenvalue weighted by atomic mass is 9.95. The van der Waals surface area contributed by atoms with Crippen LogP contribution in [0.15, 0.2) is 29.6 Å². The Morgan fingerprint density at radius 1 is 1.30 bits per heavy atom. The summed E-state index contributed by atoms with van der Waals surface area (Å²) in [5.74, 6) is 0.712. The molecule has 0 N–H and O–H groups in total. The Hall–Kier alpha value is -2.21. The van der Waals surface area contributed by atoms with Crippen LogP contribution in [0.5, 0.6) is 0 Å². The molecule has 0 aliphatic carbocycles. The van der Waals surface area contributed by atoms with Gasteiger partial charge in [0.2, 0.25) is 5.91 Å². The molecule has 0 atom stereocenters. The number of amides is 1. The van der Waals surface area contributed by atoms with Gasteiger partial charge in [0.05, 0.1) is 17.2 Å². The summed E-state index contributed by atoms with van der Waals surface area (Å²) in [6, 6.07) is 7.64. The number of carbonyl (C=O) groups excluding carboxylic acids is 2. The van der Waals surface area contributed by atoms with Gasteiger partial charge in [-0.25, -0.2) is 4.98 Å². The molecule has 3 rings (SSSR count). The summed E-state index contributed by atoms with van der Waals surface area (Å²) >= 11 is 1.67. The Bertz CT molecular complexity index is 777. The average Bonchev–Trinajstić information content (AvgIpc) is 3.16. The molecule has 27 heavy (non-hydrogen) atoms. The van der Waals surface area contributed by atoms with Crippen LogP contribution >= 0.6 is 11.3 Å². The van der Waals surface area contributed by atoms with Crippen LogP contribution < -0.4 is 4.90 Å². The van der Waals surface area contributed by atoms with Gasteiger partial charge >= 0.3 is 0 Å². The highest BCUT2D eigenvalue weighted by Crippen LogP contribution is 2.25. The van der Waals surface area contributed by atoms with Gasteiger partial charge in [-0.15, -0.1) is 11.3 Å². The molecule has 0 bridgehead atoms. The van der Waals surface area contributed by atoms with E-state index in [4.69, 9.17) is 0 Å². The van der Waals surface area contributed by atoms with Crippen molar-refractivity contribution in [3.05, 3.63) is 45.9 Å². The van der Waals surface area contributed by atoms with Crippen molar-refractivity contribution in [1.82, 2.24) is 9.88 Å². The zero-order valence-corrected chi connectivity index (χ0v) is 17.0. The van der Waals surface area contributed by atoms with Crippen molar-refractivity contribution in [1.29, 1.82) is 0 Å². The molecule has 1 aromatic carbocycles. The first-order valence-electron chi connectivity index (χ1n) is 9.47. The molecule has 1 aliphatic heterocycles. The van der Waals surface area contributed by atoms with E-state index in [2.05, 4.69) is 29.1 Å². The van der Waals surface area contributed by atoms with Crippen molar-refractivity contribution in [3.8, 4) is 0 Å². The summed E-state index contributed by atoms with van der Waals surface area (Å²) in [6.07, 6.45) is 2.57. The van der Waals surface area contributed by atoms with Gasteiger partial charge in [-0.3, -0.25) is 9.59 Å². The van der Waals surface area contributed by atoms with E-state index in [1.165, 1.54) is 0 Å². The molecule has 6 heteroatoms. The van der Waals surface area contributed by atoms with Gasteiger partial charge in [0, 0.05) is 48.6 Å². The van der Waals surface area contributed by atoms with Crippen molar-refractivity contribution in [2.24, 2.45) is 5.92 Å². The molecular weight excluding hydrogens is 358 g/mol. The molecule has 0 radical (unpaired) electrons. The summed E-state index contributed by atoms with van der Waals surface area (Å²) < 4.78 is 0. The van der Waals surface area contributed by atoms with E-state index < -0.39 is 0 Å². The Kier molecular flexibility index (Phi) is 6.26. The Labute approximate surface area is 165 Å². The monoisotopic (exact) mass is 385 g/mol. The highest BCUT2D eigenvalue weighted by molar-refractivity contribution is 7.09. The third-order valence-corrected chi connectivity index (χ3v) is 6.27. The van der Waals surface area contributed by atoms with Crippen LogP contribution in [0.2, 0.25) is 0 Å². The first-order chi connectivity index (χ1) is 13.0. The van der Waals surface area contributed by atoms with Crippen molar-refractivity contribution < 1.29 is 9.59 Å². The number of benzene rings is 1. The normalized spacial score (nSPS) is 15.2. The first-order valence-corrected chi connectivity index (χ1v) is 10.4. The lowest BCUT2D eigenvalue weighted by Gasteiger charge is -2.34. The molecule has 1 aromatic heterocycles. The number of anilines is 1. The maximum Gasteiger partial charge on any atom is 0.225 e. The number of carbonyl (C=O) groups is 2. The summed E-state index contributed by atoms with van der Waals surface area (Å²) in [5, 5.41) is 3.19. The minimum Gasteiger partial charge on any atom is -0.371 e. The number of aromatic nitrogens is 1. The van der Waals surface area contributed by atoms with Crippen LogP contribution in [0.4, 0.5) is 5.69 Å². The van der Waals surface area contributed by atoms with Gasteiger partial charge in [0.1, 0.15) is 6.29 Å². The third kappa shape index (κ3) is 4.75. The zero-order valence-electron chi connectivity index (χ0n) is 16.2. The largest absolute Gasteiger partial charge is 0.371 e. The van der Waals surface area contributed by atoms with Crippen LogP contribution in [-0.2, 0) is 11.3 Å². The number of rotatable bonds is 6. The minimum atomic E-state index is 0.0729. The molecule has 0 saturated carbocycles. The number of thiazole rings is 1. The lowest BCUT2D eigenvalue weighted by Crippen LogP contribution is -2.41. The number of piperidine rings is 1. The standard InChI is InChI=1S/C21H27N3O2S/c1-15(2)20-22-18(14-27-20)12-23(3)21(26)17-8-10-24(11-9-17)19-6-4-16(13-25)5-7-19/h4-7,13-15,17H,8-12H2,1-3H3. The number of aldehydes is 1. The summed E-state index contributed by atoms with van der Waals surface area (Å²) in [6.45, 7) is 6.57. The molecule has 1 fully saturated rings. The van der Waals surface area contributed by atoms with E-state index in [0.29, 0.717) is 18.0 Å².